The lowest BCUT2D eigenvalue weighted by Crippen LogP contribution is -2.46. The van der Waals surface area contributed by atoms with Crippen LogP contribution in [-0.4, -0.2) is 23.7 Å². The summed E-state index contributed by atoms with van der Waals surface area (Å²) < 4.78 is 5.49. The van der Waals surface area contributed by atoms with Crippen molar-refractivity contribution in [1.82, 2.24) is 0 Å². The topological polar surface area (TPSA) is 26.3 Å². The maximum Gasteiger partial charge on any atom is 0.151 e. The molecule has 1 fully saturated rings. The zero-order chi connectivity index (χ0) is 10.7. The van der Waals surface area contributed by atoms with Crippen LogP contribution in [0.5, 0.6) is 0 Å². The number of carbonyl (C=O) groups excluding carboxylic acids is 1. The molecule has 0 radical (unpaired) electrons. The van der Waals surface area contributed by atoms with Gasteiger partial charge in [-0.25, -0.2) is 0 Å². The van der Waals surface area contributed by atoms with E-state index in [1.54, 1.807) is 11.8 Å². The quantitative estimate of drug-likeness (QED) is 0.783. The molecule has 2 atom stereocenters. The van der Waals surface area contributed by atoms with Gasteiger partial charge < -0.3 is 4.74 Å². The lowest BCUT2D eigenvalue weighted by atomic mass is 9.93. The van der Waals surface area contributed by atoms with E-state index in [4.69, 9.17) is 4.74 Å². The Labute approximate surface area is 94.0 Å². The number of hydrogen-bond acceptors (Lipinski definition) is 3. The van der Waals surface area contributed by atoms with E-state index < -0.39 is 0 Å². The van der Waals surface area contributed by atoms with E-state index in [2.05, 4.69) is 0 Å². The normalized spacial score (nSPS) is 25.0. The third-order valence-corrected chi connectivity index (χ3v) is 3.81. The van der Waals surface area contributed by atoms with E-state index in [-0.39, 0.29) is 11.4 Å². The van der Waals surface area contributed by atoms with Gasteiger partial charge in [0, 0.05) is 17.9 Å². The molecule has 0 aromatic heterocycles. The van der Waals surface area contributed by atoms with Crippen LogP contribution in [0, 0.1) is 0 Å². The van der Waals surface area contributed by atoms with Crippen LogP contribution in [0.4, 0.5) is 0 Å². The van der Waals surface area contributed by atoms with Gasteiger partial charge in [0.2, 0.25) is 0 Å². The van der Waals surface area contributed by atoms with Crippen molar-refractivity contribution in [1.29, 1.82) is 0 Å². The van der Waals surface area contributed by atoms with E-state index in [1.807, 2.05) is 37.3 Å². The Hall–Kier alpha value is -0.800. The number of ether oxygens (including phenoxy) is 1. The molecule has 0 N–H and O–H groups in total. The van der Waals surface area contributed by atoms with Crippen molar-refractivity contribution in [2.24, 2.45) is 0 Å². The van der Waals surface area contributed by atoms with Gasteiger partial charge in [-0.1, -0.05) is 18.2 Å². The highest BCUT2D eigenvalue weighted by Crippen LogP contribution is 2.35. The van der Waals surface area contributed by atoms with Crippen molar-refractivity contribution >= 4 is 17.5 Å². The zero-order valence-electron chi connectivity index (χ0n) is 8.68. The van der Waals surface area contributed by atoms with Crippen LogP contribution in [0.25, 0.3) is 0 Å². The summed E-state index contributed by atoms with van der Waals surface area (Å²) in [6, 6.07) is 10.0. The van der Waals surface area contributed by atoms with E-state index in [0.717, 1.165) is 4.90 Å². The van der Waals surface area contributed by atoms with Crippen LogP contribution in [0.15, 0.2) is 35.2 Å². The Balaban J connectivity index is 1.96. The van der Waals surface area contributed by atoms with Gasteiger partial charge >= 0.3 is 0 Å². The summed E-state index contributed by atoms with van der Waals surface area (Å²) in [6.45, 7) is 2.65. The first-order valence-electron chi connectivity index (χ1n) is 5.17. The number of carbonyl (C=O) groups is 1. The highest BCUT2D eigenvalue weighted by atomic mass is 32.2. The Morgan fingerprint density at radius 3 is 2.73 bits per heavy atom. The van der Waals surface area contributed by atoms with Crippen LogP contribution < -0.4 is 0 Å². The van der Waals surface area contributed by atoms with Crippen molar-refractivity contribution < 1.29 is 9.53 Å². The van der Waals surface area contributed by atoms with Gasteiger partial charge in [-0.05, 0) is 19.1 Å². The maximum absolute atomic E-state index is 11.4. The second-order valence-corrected chi connectivity index (χ2v) is 4.73. The number of benzene rings is 1. The molecule has 0 saturated heterocycles. The number of rotatable bonds is 4. The lowest BCUT2D eigenvalue weighted by molar-refractivity contribution is -0.132. The molecule has 2 nitrogen and oxygen atoms in total. The van der Waals surface area contributed by atoms with Gasteiger partial charge in [-0.2, -0.15) is 0 Å². The number of hydrogen-bond donors (Lipinski definition) is 0. The molecule has 0 bridgehead atoms. The van der Waals surface area contributed by atoms with Gasteiger partial charge in [0.15, 0.2) is 5.78 Å². The molecule has 0 unspecified atom stereocenters. The van der Waals surface area contributed by atoms with Crippen molar-refractivity contribution in [3.63, 3.8) is 0 Å². The molecule has 0 heterocycles. The lowest BCUT2D eigenvalue weighted by Gasteiger charge is -2.33. The summed E-state index contributed by atoms with van der Waals surface area (Å²) in [6.07, 6.45) is 0.700. The minimum atomic E-state index is 0.00681. The fourth-order valence-electron chi connectivity index (χ4n) is 1.62. The zero-order valence-corrected chi connectivity index (χ0v) is 9.50. The Morgan fingerprint density at radius 1 is 1.40 bits per heavy atom. The van der Waals surface area contributed by atoms with Gasteiger partial charge in [0.1, 0.15) is 0 Å². The molecule has 1 aliphatic carbocycles. The van der Waals surface area contributed by atoms with Crippen LogP contribution >= 0.6 is 11.8 Å². The molecule has 1 saturated carbocycles. The highest BCUT2D eigenvalue weighted by Gasteiger charge is 2.40. The maximum atomic E-state index is 11.4. The van der Waals surface area contributed by atoms with Crippen molar-refractivity contribution in [3.8, 4) is 0 Å². The van der Waals surface area contributed by atoms with Gasteiger partial charge in [-0.15, -0.1) is 11.8 Å². The van der Waals surface area contributed by atoms with Gasteiger partial charge in [-0.3, -0.25) is 4.79 Å². The fourth-order valence-corrected chi connectivity index (χ4v) is 2.78. The van der Waals surface area contributed by atoms with E-state index in [9.17, 15) is 4.79 Å². The summed E-state index contributed by atoms with van der Waals surface area (Å²) in [7, 11) is 0. The highest BCUT2D eigenvalue weighted by molar-refractivity contribution is 8.00. The minimum Gasteiger partial charge on any atom is -0.376 e. The smallest absolute Gasteiger partial charge is 0.151 e. The number of thioether (sulfide) groups is 1. The molecule has 3 heteroatoms. The predicted octanol–water partition coefficient (Wildman–Crippen LogP) is 2.53. The van der Waals surface area contributed by atoms with E-state index in [1.165, 1.54) is 0 Å². The Bertz CT molecular complexity index is 337. The minimum absolute atomic E-state index is 0.00681. The molecular formula is C12H14O2S. The molecule has 1 aromatic rings. The number of Topliss-reactive ketones (excluding diaryl/α,β-unsaturated/α-hetero) is 1. The summed E-state index contributed by atoms with van der Waals surface area (Å²) in [4.78, 5) is 12.6. The first-order valence-corrected chi connectivity index (χ1v) is 6.05. The molecule has 80 valence electrons. The molecule has 15 heavy (non-hydrogen) atoms. The summed E-state index contributed by atoms with van der Waals surface area (Å²) in [5, 5.41) is 0.00681. The number of ketones is 1. The van der Waals surface area contributed by atoms with Gasteiger partial charge in [0.25, 0.3) is 0 Å². The average molecular weight is 222 g/mol. The molecule has 0 spiro atoms. The van der Waals surface area contributed by atoms with Crippen molar-refractivity contribution in [2.45, 2.75) is 29.6 Å². The molecule has 1 aliphatic rings. The third kappa shape index (κ3) is 2.41. The Morgan fingerprint density at radius 2 is 2.13 bits per heavy atom. The second kappa shape index (κ2) is 4.81. The summed E-state index contributed by atoms with van der Waals surface area (Å²) in [5.41, 5.74) is 0. The van der Waals surface area contributed by atoms with E-state index in [0.29, 0.717) is 18.8 Å². The van der Waals surface area contributed by atoms with Crippen LogP contribution in [0.1, 0.15) is 13.3 Å². The molecule has 2 rings (SSSR count). The first kappa shape index (κ1) is 10.7. The standard InChI is InChI=1S/C12H14O2S/c1-2-14-11-8-10(13)12(11)15-9-6-4-3-5-7-9/h3-7,11-12H,2,8H2,1H3/t11-,12+/m0/s1. The summed E-state index contributed by atoms with van der Waals surface area (Å²) >= 11 is 1.61. The van der Waals surface area contributed by atoms with Crippen LogP contribution in [0.2, 0.25) is 0 Å². The molecule has 1 aromatic carbocycles. The third-order valence-electron chi connectivity index (χ3n) is 2.44. The van der Waals surface area contributed by atoms with Crippen LogP contribution in [0.3, 0.4) is 0 Å². The SMILES string of the molecule is CCO[C@H]1CC(=O)[C@H]1Sc1ccccc1. The molecular weight excluding hydrogens is 208 g/mol. The summed E-state index contributed by atoms with van der Waals surface area (Å²) in [5.74, 6) is 0.308. The molecule has 0 amide bonds. The Kier molecular flexibility index (Phi) is 3.44. The van der Waals surface area contributed by atoms with Crippen molar-refractivity contribution in [2.75, 3.05) is 6.61 Å². The average Bonchev–Trinajstić information content (AvgIpc) is 2.27. The monoisotopic (exact) mass is 222 g/mol. The van der Waals surface area contributed by atoms with Crippen molar-refractivity contribution in [3.05, 3.63) is 30.3 Å². The molecule has 0 aliphatic heterocycles. The van der Waals surface area contributed by atoms with Gasteiger partial charge in [0.05, 0.1) is 11.4 Å². The fraction of sp³-hybridized carbons (Fsp3) is 0.417. The van der Waals surface area contributed by atoms with Crippen LogP contribution in [-0.2, 0) is 9.53 Å². The van der Waals surface area contributed by atoms with E-state index >= 15 is 0 Å². The second-order valence-electron chi connectivity index (χ2n) is 3.52. The predicted molar refractivity (Wildman–Crippen MR) is 61.1 cm³/mol. The first-order chi connectivity index (χ1) is 7.31. The largest absolute Gasteiger partial charge is 0.376 e.